The van der Waals surface area contributed by atoms with E-state index in [4.69, 9.17) is 21.1 Å². The molecule has 0 aromatic carbocycles. The zero-order valence-corrected chi connectivity index (χ0v) is 7.66. The van der Waals surface area contributed by atoms with E-state index in [1.807, 2.05) is 0 Å². The van der Waals surface area contributed by atoms with Crippen molar-refractivity contribution in [2.45, 2.75) is 12.5 Å². The summed E-state index contributed by atoms with van der Waals surface area (Å²) < 4.78 is 0. The van der Waals surface area contributed by atoms with Crippen molar-refractivity contribution in [3.8, 4) is 0 Å². The van der Waals surface area contributed by atoms with E-state index in [-0.39, 0.29) is 6.42 Å². The molecule has 4 atom stereocenters. The Morgan fingerprint density at radius 1 is 1.13 bits per heavy atom. The smallest absolute Gasteiger partial charge is 0.320 e. The Hall–Kier alpha value is -1.63. The first-order valence-corrected chi connectivity index (χ1v) is 4.30. The van der Waals surface area contributed by atoms with Crippen molar-refractivity contribution in [1.82, 2.24) is 0 Å². The van der Waals surface area contributed by atoms with Crippen molar-refractivity contribution in [3.63, 3.8) is 0 Å². The van der Waals surface area contributed by atoms with Gasteiger partial charge in [-0.2, -0.15) is 0 Å². The minimum Gasteiger partial charge on any atom is -0.481 e. The van der Waals surface area contributed by atoms with Crippen LogP contribution < -0.4 is 5.73 Å². The number of hydrogen-bond acceptors (Lipinski definition) is 4. The van der Waals surface area contributed by atoms with Gasteiger partial charge in [-0.3, -0.25) is 14.4 Å². The van der Waals surface area contributed by atoms with E-state index in [1.54, 1.807) is 0 Å². The average Bonchev–Trinajstić information content (AvgIpc) is 1.99. The van der Waals surface area contributed by atoms with E-state index in [2.05, 4.69) is 0 Å². The van der Waals surface area contributed by atoms with Gasteiger partial charge in [-0.1, -0.05) is 0 Å². The standard InChI is InChI=1S/C8H11NO6/c9-5(8(14)15)2-1-3(6(10)11)4(2)7(12)13/h2-5H,1,9H2,(H,10,11)(H,12,13)(H,14,15). The maximum Gasteiger partial charge on any atom is 0.320 e. The van der Waals surface area contributed by atoms with E-state index < -0.39 is 41.7 Å². The molecule has 15 heavy (non-hydrogen) atoms. The van der Waals surface area contributed by atoms with Gasteiger partial charge in [0.15, 0.2) is 0 Å². The van der Waals surface area contributed by atoms with E-state index in [0.717, 1.165) is 0 Å². The van der Waals surface area contributed by atoms with Crippen LogP contribution in [0, 0.1) is 17.8 Å². The second-order valence-electron chi connectivity index (χ2n) is 3.57. The van der Waals surface area contributed by atoms with Gasteiger partial charge in [0.2, 0.25) is 0 Å². The first kappa shape index (κ1) is 11.4. The number of rotatable bonds is 4. The van der Waals surface area contributed by atoms with Crippen LogP contribution in [0.25, 0.3) is 0 Å². The Bertz CT molecular complexity index is 314. The van der Waals surface area contributed by atoms with Crippen LogP contribution in [0.4, 0.5) is 0 Å². The molecule has 1 rings (SSSR count). The summed E-state index contributed by atoms with van der Waals surface area (Å²) in [6, 6.07) is -1.32. The third kappa shape index (κ3) is 1.91. The van der Waals surface area contributed by atoms with Crippen LogP contribution in [0.2, 0.25) is 0 Å². The lowest BCUT2D eigenvalue weighted by Gasteiger charge is -2.41. The number of carboxylic acids is 3. The summed E-state index contributed by atoms with van der Waals surface area (Å²) in [6.07, 6.45) is -0.000231. The molecule has 0 radical (unpaired) electrons. The second kappa shape index (κ2) is 3.85. The maximum absolute atomic E-state index is 10.7. The van der Waals surface area contributed by atoms with Crippen molar-refractivity contribution >= 4 is 17.9 Å². The average molecular weight is 217 g/mol. The molecule has 84 valence electrons. The molecule has 0 bridgehead atoms. The van der Waals surface area contributed by atoms with Gasteiger partial charge in [0, 0.05) is 0 Å². The summed E-state index contributed by atoms with van der Waals surface area (Å²) in [5.74, 6) is -6.88. The first-order chi connectivity index (χ1) is 6.86. The Kier molecular flexibility index (Phi) is 2.94. The van der Waals surface area contributed by atoms with Gasteiger partial charge in [0.05, 0.1) is 11.8 Å². The Balaban J connectivity index is 2.76. The molecule has 0 aliphatic heterocycles. The molecule has 0 spiro atoms. The van der Waals surface area contributed by atoms with E-state index >= 15 is 0 Å². The summed E-state index contributed by atoms with van der Waals surface area (Å²) in [5, 5.41) is 26.0. The molecule has 0 amide bonds. The quantitative estimate of drug-likeness (QED) is 0.464. The predicted molar refractivity (Wildman–Crippen MR) is 46.0 cm³/mol. The van der Waals surface area contributed by atoms with Gasteiger partial charge < -0.3 is 21.1 Å². The van der Waals surface area contributed by atoms with E-state index in [9.17, 15) is 14.4 Å². The summed E-state index contributed by atoms with van der Waals surface area (Å²) >= 11 is 0. The maximum atomic E-state index is 10.7. The fourth-order valence-electron chi connectivity index (χ4n) is 1.85. The van der Waals surface area contributed by atoms with Crippen LogP contribution in [-0.2, 0) is 14.4 Å². The van der Waals surface area contributed by atoms with Crippen LogP contribution in [0.5, 0.6) is 0 Å². The second-order valence-corrected chi connectivity index (χ2v) is 3.57. The summed E-state index contributed by atoms with van der Waals surface area (Å²) in [4.78, 5) is 31.8. The van der Waals surface area contributed by atoms with Crippen molar-refractivity contribution in [2.24, 2.45) is 23.5 Å². The van der Waals surface area contributed by atoms with Crippen molar-refractivity contribution in [1.29, 1.82) is 0 Å². The Morgan fingerprint density at radius 3 is 2.00 bits per heavy atom. The van der Waals surface area contributed by atoms with Gasteiger partial charge in [-0.15, -0.1) is 0 Å². The highest BCUT2D eigenvalue weighted by atomic mass is 16.4. The minimum absolute atomic E-state index is 0.000231. The largest absolute Gasteiger partial charge is 0.481 e. The third-order valence-electron chi connectivity index (χ3n) is 2.77. The normalized spacial score (nSPS) is 31.4. The molecule has 1 aliphatic carbocycles. The number of nitrogens with two attached hydrogens (primary N) is 1. The molecule has 4 unspecified atom stereocenters. The number of carbonyl (C=O) groups is 3. The van der Waals surface area contributed by atoms with Gasteiger partial charge >= 0.3 is 17.9 Å². The van der Waals surface area contributed by atoms with Crippen molar-refractivity contribution in [3.05, 3.63) is 0 Å². The van der Waals surface area contributed by atoms with Gasteiger partial charge in [-0.05, 0) is 12.3 Å². The molecule has 0 saturated heterocycles. The topological polar surface area (TPSA) is 138 Å². The zero-order chi connectivity index (χ0) is 11.7. The van der Waals surface area contributed by atoms with Gasteiger partial charge in [0.25, 0.3) is 0 Å². The van der Waals surface area contributed by atoms with Gasteiger partial charge in [0.1, 0.15) is 6.04 Å². The molecule has 7 nitrogen and oxygen atoms in total. The lowest BCUT2D eigenvalue weighted by Crippen LogP contribution is -2.55. The summed E-state index contributed by atoms with van der Waals surface area (Å²) in [7, 11) is 0. The number of hydrogen-bond donors (Lipinski definition) is 4. The highest BCUT2D eigenvalue weighted by molar-refractivity contribution is 5.84. The molecular weight excluding hydrogens is 206 g/mol. The predicted octanol–water partition coefficient (Wildman–Crippen LogP) is -1.18. The van der Waals surface area contributed by atoms with Crippen LogP contribution >= 0.6 is 0 Å². The molecule has 0 aromatic rings. The molecule has 1 aliphatic rings. The summed E-state index contributed by atoms with van der Waals surface area (Å²) in [6.45, 7) is 0. The van der Waals surface area contributed by atoms with Crippen molar-refractivity contribution < 1.29 is 29.7 Å². The number of aliphatic carboxylic acids is 3. The number of carboxylic acid groups (broad SMARTS) is 3. The molecule has 5 N–H and O–H groups in total. The highest BCUT2D eigenvalue weighted by Crippen LogP contribution is 2.42. The monoisotopic (exact) mass is 217 g/mol. The molecule has 1 fully saturated rings. The molecule has 7 heteroatoms. The van der Waals surface area contributed by atoms with Crippen molar-refractivity contribution in [2.75, 3.05) is 0 Å². The lowest BCUT2D eigenvalue weighted by atomic mass is 9.62. The van der Waals surface area contributed by atoms with Gasteiger partial charge in [-0.25, -0.2) is 0 Å². The highest BCUT2D eigenvalue weighted by Gasteiger charge is 2.53. The lowest BCUT2D eigenvalue weighted by molar-refractivity contribution is -0.169. The first-order valence-electron chi connectivity index (χ1n) is 4.30. The molecule has 0 aromatic heterocycles. The van der Waals surface area contributed by atoms with Crippen LogP contribution in [-0.4, -0.2) is 39.3 Å². The van der Waals surface area contributed by atoms with Crippen LogP contribution in [0.1, 0.15) is 6.42 Å². The minimum atomic E-state index is -1.32. The van der Waals surface area contributed by atoms with Crippen LogP contribution in [0.3, 0.4) is 0 Å². The third-order valence-corrected chi connectivity index (χ3v) is 2.77. The van der Waals surface area contributed by atoms with E-state index in [1.165, 1.54) is 0 Å². The Labute approximate surface area is 84.5 Å². The Morgan fingerprint density at radius 2 is 1.67 bits per heavy atom. The SMILES string of the molecule is NC(C(=O)O)C1CC(C(=O)O)C1C(=O)O. The zero-order valence-electron chi connectivity index (χ0n) is 7.66. The molecule has 0 heterocycles. The summed E-state index contributed by atoms with van der Waals surface area (Å²) in [5.41, 5.74) is 5.26. The molecule has 1 saturated carbocycles. The van der Waals surface area contributed by atoms with E-state index in [0.29, 0.717) is 0 Å². The fourth-order valence-corrected chi connectivity index (χ4v) is 1.85. The molecular formula is C8H11NO6. The fraction of sp³-hybridized carbons (Fsp3) is 0.625. The van der Waals surface area contributed by atoms with Crippen LogP contribution in [0.15, 0.2) is 0 Å².